The van der Waals surface area contributed by atoms with E-state index >= 15 is 0 Å². The summed E-state index contributed by atoms with van der Waals surface area (Å²) in [7, 11) is 1.39. The van der Waals surface area contributed by atoms with Crippen molar-refractivity contribution in [2.24, 2.45) is 0 Å². The zero-order valence-electron chi connectivity index (χ0n) is 8.02. The van der Waals surface area contributed by atoms with Crippen LogP contribution in [0.25, 0.3) is 6.08 Å². The van der Waals surface area contributed by atoms with Crippen LogP contribution in [0.2, 0.25) is 0 Å². The summed E-state index contributed by atoms with van der Waals surface area (Å²) in [6.07, 6.45) is 1.39. The maximum Gasteiger partial charge on any atom is 0.130 e. The van der Waals surface area contributed by atoms with Gasteiger partial charge in [0.1, 0.15) is 23.5 Å². The molecule has 15 heavy (non-hydrogen) atoms. The Balaban J connectivity index is 3.14. The quantitative estimate of drug-likeness (QED) is 0.670. The molecule has 0 N–H and O–H groups in total. The van der Waals surface area contributed by atoms with Crippen molar-refractivity contribution in [2.75, 3.05) is 7.11 Å². The van der Waals surface area contributed by atoms with Crippen LogP contribution < -0.4 is 9.84 Å². The first-order valence-electron chi connectivity index (χ1n) is 4.08. The lowest BCUT2D eigenvalue weighted by atomic mass is 10.1. The molecule has 4 heteroatoms. The highest BCUT2D eigenvalue weighted by atomic mass is 16.5. The van der Waals surface area contributed by atoms with Gasteiger partial charge in [-0.25, -0.2) is 0 Å². The maximum atomic E-state index is 11.2. The molecule has 0 bridgehead atoms. The molecule has 0 unspecified atom stereocenters. The maximum absolute atomic E-state index is 11.2. The van der Waals surface area contributed by atoms with Gasteiger partial charge >= 0.3 is 0 Å². The second kappa shape index (κ2) is 4.69. The largest absolute Gasteiger partial charge is 0.870 e. The van der Waals surface area contributed by atoms with E-state index in [9.17, 15) is 5.11 Å². The molecule has 74 valence electrons. The second-order valence-corrected chi connectivity index (χ2v) is 2.69. The van der Waals surface area contributed by atoms with Gasteiger partial charge in [-0.05, 0) is 17.7 Å². The molecule has 0 amide bonds. The third-order valence-corrected chi connectivity index (χ3v) is 1.74. The Bertz CT molecular complexity index is 462. The molecule has 4 nitrogen and oxygen atoms in total. The number of nitrogens with zero attached hydrogens (tertiary/aromatic N) is 2. The van der Waals surface area contributed by atoms with E-state index in [2.05, 4.69) is 0 Å². The van der Waals surface area contributed by atoms with Gasteiger partial charge in [-0.1, -0.05) is 17.9 Å². The van der Waals surface area contributed by atoms with Crippen LogP contribution in [0.1, 0.15) is 5.56 Å². The van der Waals surface area contributed by atoms with E-state index in [-0.39, 0.29) is 17.1 Å². The van der Waals surface area contributed by atoms with Crippen molar-refractivity contribution in [3.05, 3.63) is 29.3 Å². The summed E-state index contributed by atoms with van der Waals surface area (Å²) in [5.74, 6) is -0.0379. The highest BCUT2D eigenvalue weighted by molar-refractivity contribution is 5.64. The highest BCUT2D eigenvalue weighted by Gasteiger charge is 1.97. The molecular formula is C11H7N2O2-. The summed E-state index contributed by atoms with van der Waals surface area (Å²) in [5, 5.41) is 28.2. The Hall–Kier alpha value is -2.46. The number of hydrogen-bond acceptors (Lipinski definition) is 4. The molecule has 0 heterocycles. The summed E-state index contributed by atoms with van der Waals surface area (Å²) in [6, 6.07) is 7.81. The minimum atomic E-state index is -0.231. The fourth-order valence-corrected chi connectivity index (χ4v) is 1.03. The first kappa shape index (κ1) is 10.6. The van der Waals surface area contributed by atoms with Gasteiger partial charge < -0.3 is 9.84 Å². The molecule has 1 aromatic carbocycles. The molecule has 0 fully saturated rings. The van der Waals surface area contributed by atoms with Crippen LogP contribution in [0.15, 0.2) is 23.8 Å². The minimum absolute atomic E-state index is 0.0179. The zero-order valence-corrected chi connectivity index (χ0v) is 8.02. The first-order valence-corrected chi connectivity index (χ1v) is 4.08. The lowest BCUT2D eigenvalue weighted by Crippen LogP contribution is -1.94. The Labute approximate surface area is 87.3 Å². The zero-order chi connectivity index (χ0) is 11.3. The van der Waals surface area contributed by atoms with Crippen LogP contribution in [-0.4, -0.2) is 7.11 Å². The third-order valence-electron chi connectivity index (χ3n) is 1.74. The van der Waals surface area contributed by atoms with Crippen molar-refractivity contribution in [1.29, 1.82) is 10.5 Å². The van der Waals surface area contributed by atoms with Gasteiger partial charge in [0.05, 0.1) is 7.11 Å². The van der Waals surface area contributed by atoms with Gasteiger partial charge in [-0.3, -0.25) is 0 Å². The number of ether oxygens (including phenoxy) is 1. The number of allylic oxidation sites excluding steroid dienone is 1. The molecule has 0 radical (unpaired) electrons. The normalized spacial score (nSPS) is 8.47. The average Bonchev–Trinajstić information content (AvgIpc) is 2.28. The monoisotopic (exact) mass is 199 g/mol. The molecule has 0 saturated heterocycles. The number of hydrogen-bond donors (Lipinski definition) is 0. The molecule has 0 aliphatic heterocycles. The lowest BCUT2D eigenvalue weighted by Gasteiger charge is -2.11. The minimum Gasteiger partial charge on any atom is -0.870 e. The third kappa shape index (κ3) is 2.49. The van der Waals surface area contributed by atoms with Crippen molar-refractivity contribution in [3.63, 3.8) is 0 Å². The standard InChI is InChI=1S/C11H8N2O2/c1-15-11-5-8(2-3-10(11)14)4-9(6-12)7-13/h2-5,14H,1H3/p-1. The molecule has 0 aliphatic rings. The highest BCUT2D eigenvalue weighted by Crippen LogP contribution is 2.24. The fourth-order valence-electron chi connectivity index (χ4n) is 1.03. The first-order chi connectivity index (χ1) is 7.21. The van der Waals surface area contributed by atoms with E-state index in [0.717, 1.165) is 0 Å². The summed E-state index contributed by atoms with van der Waals surface area (Å²) in [5.41, 5.74) is 0.570. The van der Waals surface area contributed by atoms with E-state index in [0.29, 0.717) is 5.56 Å². The van der Waals surface area contributed by atoms with Crippen LogP contribution in [0.5, 0.6) is 11.5 Å². The summed E-state index contributed by atoms with van der Waals surface area (Å²) in [4.78, 5) is 0. The van der Waals surface area contributed by atoms with Crippen LogP contribution in [0.4, 0.5) is 0 Å². The number of methoxy groups -OCH3 is 1. The predicted molar refractivity (Wildman–Crippen MR) is 51.6 cm³/mol. The molecule has 1 rings (SSSR count). The summed E-state index contributed by atoms with van der Waals surface area (Å²) >= 11 is 0. The van der Waals surface area contributed by atoms with Gasteiger partial charge in [0, 0.05) is 0 Å². The van der Waals surface area contributed by atoms with E-state index < -0.39 is 0 Å². The van der Waals surface area contributed by atoms with Crippen LogP contribution in [0.3, 0.4) is 0 Å². The SMILES string of the molecule is COc1cc(C=C(C#N)C#N)ccc1[O-]. The number of benzene rings is 1. The van der Waals surface area contributed by atoms with Crippen molar-refractivity contribution < 1.29 is 9.84 Å². The molecule has 0 aliphatic carbocycles. The molecule has 0 spiro atoms. The smallest absolute Gasteiger partial charge is 0.130 e. The van der Waals surface area contributed by atoms with Gasteiger partial charge in [-0.15, -0.1) is 0 Å². The van der Waals surface area contributed by atoms with E-state index in [4.69, 9.17) is 15.3 Å². The molecule has 0 aromatic heterocycles. The van der Waals surface area contributed by atoms with Gasteiger partial charge in [0.15, 0.2) is 0 Å². The van der Waals surface area contributed by atoms with Crippen LogP contribution >= 0.6 is 0 Å². The van der Waals surface area contributed by atoms with Gasteiger partial charge in [-0.2, -0.15) is 10.5 Å². The summed E-state index contributed by atoms with van der Waals surface area (Å²) < 4.78 is 4.83. The fraction of sp³-hybridized carbons (Fsp3) is 0.0909. The summed E-state index contributed by atoms with van der Waals surface area (Å²) in [6.45, 7) is 0. The molecular weight excluding hydrogens is 192 g/mol. The van der Waals surface area contributed by atoms with Crippen molar-refractivity contribution >= 4 is 6.08 Å². The molecule has 1 aromatic rings. The van der Waals surface area contributed by atoms with E-state index in [1.165, 1.54) is 31.4 Å². The Morgan fingerprint density at radius 2 is 2.07 bits per heavy atom. The van der Waals surface area contributed by atoms with Gasteiger partial charge in [0.25, 0.3) is 0 Å². The Morgan fingerprint density at radius 1 is 1.40 bits per heavy atom. The Morgan fingerprint density at radius 3 is 2.60 bits per heavy atom. The second-order valence-electron chi connectivity index (χ2n) is 2.69. The van der Waals surface area contributed by atoms with Gasteiger partial charge in [0.2, 0.25) is 0 Å². The van der Waals surface area contributed by atoms with Crippen LogP contribution in [-0.2, 0) is 0 Å². The average molecular weight is 199 g/mol. The molecule has 0 saturated carbocycles. The number of rotatable bonds is 2. The van der Waals surface area contributed by atoms with Crippen molar-refractivity contribution in [1.82, 2.24) is 0 Å². The number of nitriles is 2. The lowest BCUT2D eigenvalue weighted by molar-refractivity contribution is -0.270. The van der Waals surface area contributed by atoms with Crippen molar-refractivity contribution in [2.45, 2.75) is 0 Å². The van der Waals surface area contributed by atoms with E-state index in [1.807, 2.05) is 0 Å². The van der Waals surface area contributed by atoms with E-state index in [1.54, 1.807) is 12.1 Å². The molecule has 0 atom stereocenters. The topological polar surface area (TPSA) is 79.9 Å². The Kier molecular flexibility index (Phi) is 3.32. The van der Waals surface area contributed by atoms with Crippen LogP contribution in [0, 0.1) is 22.7 Å². The van der Waals surface area contributed by atoms with Crippen molar-refractivity contribution in [3.8, 4) is 23.6 Å². The predicted octanol–water partition coefficient (Wildman–Crippen LogP) is 1.20.